The van der Waals surface area contributed by atoms with Crippen LogP contribution < -0.4 is 9.80 Å². The van der Waals surface area contributed by atoms with Gasteiger partial charge in [-0.3, -0.25) is 0 Å². The maximum absolute atomic E-state index is 11.7. The van der Waals surface area contributed by atoms with Gasteiger partial charge in [0, 0.05) is 39.6 Å². The first-order valence-electron chi connectivity index (χ1n) is 8.74. The molecule has 140 valence electrons. The van der Waals surface area contributed by atoms with Crippen LogP contribution in [0.25, 0.3) is 0 Å². The molecular formula is C21H28N2O3. The summed E-state index contributed by atoms with van der Waals surface area (Å²) in [5.41, 5.74) is 4.22. The number of esters is 1. The minimum Gasteiger partial charge on any atom is -0.464 e. The van der Waals surface area contributed by atoms with Crippen molar-refractivity contribution in [1.29, 1.82) is 0 Å². The van der Waals surface area contributed by atoms with Crippen LogP contribution in [-0.2, 0) is 14.3 Å². The van der Waals surface area contributed by atoms with E-state index in [9.17, 15) is 4.79 Å². The zero-order valence-electron chi connectivity index (χ0n) is 16.2. The Kier molecular flexibility index (Phi) is 7.04. The Morgan fingerprint density at radius 2 is 1.27 bits per heavy atom. The summed E-state index contributed by atoms with van der Waals surface area (Å²) in [4.78, 5) is 15.8. The van der Waals surface area contributed by atoms with Crippen LogP contribution >= 0.6 is 0 Å². The van der Waals surface area contributed by atoms with Gasteiger partial charge in [-0.25, -0.2) is 4.79 Å². The van der Waals surface area contributed by atoms with Crippen molar-refractivity contribution < 1.29 is 14.3 Å². The van der Waals surface area contributed by atoms with Crippen LogP contribution in [0.2, 0.25) is 0 Å². The molecule has 2 rings (SSSR count). The molecule has 5 heteroatoms. The van der Waals surface area contributed by atoms with Gasteiger partial charge in [-0.05, 0) is 42.3 Å². The monoisotopic (exact) mass is 356 g/mol. The fraction of sp³-hybridized carbons (Fsp3) is 0.381. The fourth-order valence-corrected chi connectivity index (χ4v) is 2.63. The van der Waals surface area contributed by atoms with Crippen LogP contribution in [0.3, 0.4) is 0 Å². The van der Waals surface area contributed by atoms with E-state index in [2.05, 4.69) is 0 Å². The molecule has 0 amide bonds. The third-order valence-electron chi connectivity index (χ3n) is 4.10. The molecule has 0 fully saturated rings. The molecule has 0 atom stereocenters. The first-order chi connectivity index (χ1) is 12.4. The molecule has 2 aromatic rings. The number of anilines is 2. The summed E-state index contributed by atoms with van der Waals surface area (Å²) in [5, 5.41) is 0. The fourth-order valence-electron chi connectivity index (χ4n) is 2.63. The van der Waals surface area contributed by atoms with Crippen molar-refractivity contribution in [3.63, 3.8) is 0 Å². The summed E-state index contributed by atoms with van der Waals surface area (Å²) in [5.74, 6) is -0.354. The first-order valence-corrected chi connectivity index (χ1v) is 8.74. The molecule has 2 aromatic carbocycles. The highest BCUT2D eigenvalue weighted by Gasteiger charge is 2.17. The SMILES string of the molecule is CCOC(=O)COC(c1ccc(N(C)C)cc1)c1ccc(N(C)C)cc1. The molecule has 0 aliphatic heterocycles. The number of carbonyl (C=O) groups excluding carboxylic acids is 1. The van der Waals surface area contributed by atoms with E-state index in [4.69, 9.17) is 9.47 Å². The summed E-state index contributed by atoms with van der Waals surface area (Å²) >= 11 is 0. The largest absolute Gasteiger partial charge is 0.464 e. The Labute approximate surface area is 156 Å². The normalized spacial score (nSPS) is 10.7. The van der Waals surface area contributed by atoms with Crippen LogP contribution in [0, 0.1) is 0 Å². The van der Waals surface area contributed by atoms with E-state index < -0.39 is 0 Å². The predicted octanol–water partition coefficient (Wildman–Crippen LogP) is 3.49. The van der Waals surface area contributed by atoms with E-state index in [0.29, 0.717) is 6.61 Å². The highest BCUT2D eigenvalue weighted by atomic mass is 16.6. The number of ether oxygens (including phenoxy) is 2. The lowest BCUT2D eigenvalue weighted by Gasteiger charge is -2.21. The minimum atomic E-state index is -0.354. The molecular weight excluding hydrogens is 328 g/mol. The van der Waals surface area contributed by atoms with E-state index in [1.807, 2.05) is 86.5 Å². The third kappa shape index (κ3) is 5.23. The summed E-state index contributed by atoms with van der Waals surface area (Å²) < 4.78 is 10.9. The molecule has 0 unspecified atom stereocenters. The van der Waals surface area contributed by atoms with Crippen molar-refractivity contribution in [3.05, 3.63) is 59.7 Å². The van der Waals surface area contributed by atoms with Gasteiger partial charge >= 0.3 is 5.97 Å². The average Bonchev–Trinajstić information content (AvgIpc) is 2.63. The third-order valence-corrected chi connectivity index (χ3v) is 4.10. The molecule has 0 bridgehead atoms. The van der Waals surface area contributed by atoms with Crippen molar-refractivity contribution in [2.45, 2.75) is 13.0 Å². The van der Waals surface area contributed by atoms with Crippen molar-refractivity contribution >= 4 is 17.3 Å². The van der Waals surface area contributed by atoms with Gasteiger partial charge < -0.3 is 19.3 Å². The summed E-state index contributed by atoms with van der Waals surface area (Å²) in [6.07, 6.45) is -0.327. The molecule has 0 spiro atoms. The second-order valence-electron chi connectivity index (χ2n) is 6.47. The van der Waals surface area contributed by atoms with Crippen LogP contribution in [0.5, 0.6) is 0 Å². The second-order valence-corrected chi connectivity index (χ2v) is 6.47. The lowest BCUT2D eigenvalue weighted by atomic mass is 10.0. The summed E-state index contributed by atoms with van der Waals surface area (Å²) in [6.45, 7) is 2.06. The summed E-state index contributed by atoms with van der Waals surface area (Å²) in [6, 6.07) is 16.3. The molecule has 0 radical (unpaired) electrons. The van der Waals surface area contributed by atoms with Crippen molar-refractivity contribution in [3.8, 4) is 0 Å². The van der Waals surface area contributed by atoms with E-state index in [1.165, 1.54) is 0 Å². The van der Waals surface area contributed by atoms with Crippen LogP contribution in [0.15, 0.2) is 48.5 Å². The maximum Gasteiger partial charge on any atom is 0.332 e. The number of hydrogen-bond acceptors (Lipinski definition) is 5. The molecule has 5 nitrogen and oxygen atoms in total. The predicted molar refractivity (Wildman–Crippen MR) is 106 cm³/mol. The van der Waals surface area contributed by atoms with Crippen LogP contribution in [0.1, 0.15) is 24.2 Å². The topological polar surface area (TPSA) is 42.0 Å². The van der Waals surface area contributed by atoms with E-state index in [-0.39, 0.29) is 18.7 Å². The van der Waals surface area contributed by atoms with Gasteiger partial charge in [-0.1, -0.05) is 24.3 Å². The van der Waals surface area contributed by atoms with Gasteiger partial charge in [0.1, 0.15) is 12.7 Å². The smallest absolute Gasteiger partial charge is 0.332 e. The molecule has 0 saturated carbocycles. The average molecular weight is 356 g/mol. The Morgan fingerprint density at radius 1 is 0.846 bits per heavy atom. The van der Waals surface area contributed by atoms with Crippen molar-refractivity contribution in [2.24, 2.45) is 0 Å². The Hall–Kier alpha value is -2.53. The van der Waals surface area contributed by atoms with Gasteiger partial charge in [-0.15, -0.1) is 0 Å². The molecule has 0 aliphatic carbocycles. The van der Waals surface area contributed by atoms with Crippen LogP contribution in [0.4, 0.5) is 11.4 Å². The van der Waals surface area contributed by atoms with Gasteiger partial charge in [0.2, 0.25) is 0 Å². The van der Waals surface area contributed by atoms with Gasteiger partial charge in [0.05, 0.1) is 6.61 Å². The standard InChI is InChI=1S/C21H28N2O3/c1-6-25-20(24)15-26-21(16-7-11-18(12-8-16)22(2)3)17-9-13-19(14-10-17)23(4)5/h7-14,21H,6,15H2,1-5H3. The number of hydrogen-bond donors (Lipinski definition) is 0. The van der Waals surface area contributed by atoms with Crippen LogP contribution in [-0.4, -0.2) is 47.4 Å². The van der Waals surface area contributed by atoms with Crippen molar-refractivity contribution in [1.82, 2.24) is 0 Å². The van der Waals surface area contributed by atoms with E-state index >= 15 is 0 Å². The molecule has 0 aromatic heterocycles. The minimum absolute atomic E-state index is 0.0800. The number of benzene rings is 2. The lowest BCUT2D eigenvalue weighted by Crippen LogP contribution is -2.17. The quantitative estimate of drug-likeness (QED) is 0.677. The van der Waals surface area contributed by atoms with Gasteiger partial charge in [0.15, 0.2) is 0 Å². The number of rotatable bonds is 8. The highest BCUT2D eigenvalue weighted by Crippen LogP contribution is 2.29. The maximum atomic E-state index is 11.7. The van der Waals surface area contributed by atoms with E-state index in [0.717, 1.165) is 22.5 Å². The Morgan fingerprint density at radius 3 is 1.62 bits per heavy atom. The number of nitrogens with zero attached hydrogens (tertiary/aromatic N) is 2. The molecule has 0 heterocycles. The van der Waals surface area contributed by atoms with Crippen molar-refractivity contribution in [2.75, 3.05) is 51.2 Å². The molecule has 0 saturated heterocycles. The molecule has 0 aliphatic rings. The second kappa shape index (κ2) is 9.25. The zero-order chi connectivity index (χ0) is 19.1. The molecule has 0 N–H and O–H groups in total. The Bertz CT molecular complexity index is 643. The molecule has 26 heavy (non-hydrogen) atoms. The first kappa shape index (κ1) is 19.8. The van der Waals surface area contributed by atoms with E-state index in [1.54, 1.807) is 6.92 Å². The Balaban J connectivity index is 2.27. The zero-order valence-corrected chi connectivity index (χ0v) is 16.2. The highest BCUT2D eigenvalue weighted by molar-refractivity contribution is 5.70. The lowest BCUT2D eigenvalue weighted by molar-refractivity contribution is -0.149. The number of carbonyl (C=O) groups is 1. The van der Waals surface area contributed by atoms with Gasteiger partial charge in [-0.2, -0.15) is 0 Å². The summed E-state index contributed by atoms with van der Waals surface area (Å²) in [7, 11) is 8.01. The van der Waals surface area contributed by atoms with Gasteiger partial charge in [0.25, 0.3) is 0 Å².